The third-order valence-electron chi connectivity index (χ3n) is 2.48. The van der Waals surface area contributed by atoms with Crippen LogP contribution in [0.25, 0.3) is 0 Å². The van der Waals surface area contributed by atoms with Crippen LogP contribution in [0.1, 0.15) is 24.4 Å². The molecule has 14 heavy (non-hydrogen) atoms. The lowest BCUT2D eigenvalue weighted by atomic mass is 10.1. The molecule has 1 aromatic carbocycles. The number of hydrogen-bond acceptors (Lipinski definition) is 2. The Kier molecular flexibility index (Phi) is 3.06. The molecule has 1 saturated carbocycles. The SMILES string of the molecule is NC(CNC1CC1)c1cccc(Cl)c1. The van der Waals surface area contributed by atoms with Gasteiger partial charge in [-0.1, -0.05) is 23.7 Å². The lowest BCUT2D eigenvalue weighted by Crippen LogP contribution is -2.28. The molecule has 3 N–H and O–H groups in total. The fourth-order valence-corrected chi connectivity index (χ4v) is 1.63. The third kappa shape index (κ3) is 2.71. The van der Waals surface area contributed by atoms with Gasteiger partial charge in [0.25, 0.3) is 0 Å². The zero-order valence-electron chi connectivity index (χ0n) is 8.04. The fraction of sp³-hybridized carbons (Fsp3) is 0.455. The number of halogens is 1. The van der Waals surface area contributed by atoms with E-state index in [4.69, 9.17) is 17.3 Å². The standard InChI is InChI=1S/C11H15ClN2/c12-9-3-1-2-8(6-9)11(13)7-14-10-4-5-10/h1-3,6,10-11,14H,4-5,7,13H2. The molecule has 0 amide bonds. The second-order valence-electron chi connectivity index (χ2n) is 3.84. The molecule has 0 saturated heterocycles. The van der Waals surface area contributed by atoms with Crippen molar-refractivity contribution in [1.82, 2.24) is 5.32 Å². The highest BCUT2D eigenvalue weighted by atomic mass is 35.5. The molecule has 0 heterocycles. The molecule has 0 bridgehead atoms. The van der Waals surface area contributed by atoms with Crippen LogP contribution < -0.4 is 11.1 Å². The molecule has 2 nitrogen and oxygen atoms in total. The number of hydrogen-bond donors (Lipinski definition) is 2. The van der Waals surface area contributed by atoms with Crippen LogP contribution in [0.5, 0.6) is 0 Å². The van der Waals surface area contributed by atoms with Gasteiger partial charge in [-0.15, -0.1) is 0 Å². The quantitative estimate of drug-likeness (QED) is 0.799. The van der Waals surface area contributed by atoms with Crippen molar-refractivity contribution >= 4 is 11.6 Å². The maximum Gasteiger partial charge on any atom is 0.0422 e. The molecule has 0 spiro atoms. The van der Waals surface area contributed by atoms with Gasteiger partial charge in [0.2, 0.25) is 0 Å². The van der Waals surface area contributed by atoms with Crippen molar-refractivity contribution < 1.29 is 0 Å². The predicted molar refractivity (Wildman–Crippen MR) is 59.4 cm³/mol. The molecular weight excluding hydrogens is 196 g/mol. The summed E-state index contributed by atoms with van der Waals surface area (Å²) in [5.74, 6) is 0. The van der Waals surface area contributed by atoms with E-state index in [0.29, 0.717) is 6.04 Å². The van der Waals surface area contributed by atoms with Crippen LogP contribution in [-0.4, -0.2) is 12.6 Å². The summed E-state index contributed by atoms with van der Waals surface area (Å²) < 4.78 is 0. The molecule has 1 fully saturated rings. The van der Waals surface area contributed by atoms with Crippen LogP contribution in [0.4, 0.5) is 0 Å². The lowest BCUT2D eigenvalue weighted by molar-refractivity contribution is 0.595. The summed E-state index contributed by atoms with van der Waals surface area (Å²) in [7, 11) is 0. The van der Waals surface area contributed by atoms with Gasteiger partial charge in [-0.25, -0.2) is 0 Å². The van der Waals surface area contributed by atoms with Crippen molar-refractivity contribution in [2.24, 2.45) is 5.73 Å². The van der Waals surface area contributed by atoms with E-state index in [1.165, 1.54) is 12.8 Å². The second kappa shape index (κ2) is 4.30. The monoisotopic (exact) mass is 210 g/mol. The van der Waals surface area contributed by atoms with Crippen LogP contribution in [-0.2, 0) is 0 Å². The molecule has 1 aromatic rings. The minimum absolute atomic E-state index is 0.0503. The zero-order chi connectivity index (χ0) is 9.97. The highest BCUT2D eigenvalue weighted by Gasteiger charge is 2.21. The minimum Gasteiger partial charge on any atom is -0.323 e. The van der Waals surface area contributed by atoms with Crippen molar-refractivity contribution in [2.75, 3.05) is 6.54 Å². The Labute approximate surface area is 89.4 Å². The highest BCUT2D eigenvalue weighted by Crippen LogP contribution is 2.20. The molecule has 1 aliphatic rings. The lowest BCUT2D eigenvalue weighted by Gasteiger charge is -2.12. The van der Waals surface area contributed by atoms with E-state index in [2.05, 4.69) is 5.32 Å². The highest BCUT2D eigenvalue weighted by molar-refractivity contribution is 6.30. The van der Waals surface area contributed by atoms with Gasteiger partial charge in [-0.3, -0.25) is 0 Å². The first-order chi connectivity index (χ1) is 6.75. The summed E-state index contributed by atoms with van der Waals surface area (Å²) >= 11 is 5.89. The first kappa shape index (κ1) is 9.97. The van der Waals surface area contributed by atoms with E-state index in [1.807, 2.05) is 24.3 Å². The molecule has 3 heteroatoms. The van der Waals surface area contributed by atoms with Crippen LogP contribution in [0.15, 0.2) is 24.3 Å². The summed E-state index contributed by atoms with van der Waals surface area (Å²) in [6, 6.07) is 8.52. The average molecular weight is 211 g/mol. The summed E-state index contributed by atoms with van der Waals surface area (Å²) in [6.45, 7) is 0.838. The molecule has 1 unspecified atom stereocenters. The van der Waals surface area contributed by atoms with E-state index in [-0.39, 0.29) is 6.04 Å². The Bertz CT molecular complexity index is 310. The molecule has 1 atom stereocenters. The minimum atomic E-state index is 0.0503. The van der Waals surface area contributed by atoms with Crippen molar-refractivity contribution in [1.29, 1.82) is 0 Å². The first-order valence-corrected chi connectivity index (χ1v) is 5.38. The molecule has 0 aliphatic heterocycles. The summed E-state index contributed by atoms with van der Waals surface area (Å²) in [4.78, 5) is 0. The Hall–Kier alpha value is -0.570. The summed E-state index contributed by atoms with van der Waals surface area (Å²) in [5.41, 5.74) is 7.12. The van der Waals surface area contributed by atoms with Gasteiger partial charge >= 0.3 is 0 Å². The van der Waals surface area contributed by atoms with E-state index in [0.717, 1.165) is 17.1 Å². The van der Waals surface area contributed by atoms with Gasteiger partial charge < -0.3 is 11.1 Å². The van der Waals surface area contributed by atoms with E-state index >= 15 is 0 Å². The Morgan fingerprint density at radius 1 is 1.50 bits per heavy atom. The Morgan fingerprint density at radius 2 is 2.29 bits per heavy atom. The topological polar surface area (TPSA) is 38.0 Å². The van der Waals surface area contributed by atoms with Gasteiger partial charge in [-0.2, -0.15) is 0 Å². The summed E-state index contributed by atoms with van der Waals surface area (Å²) in [6.07, 6.45) is 2.59. The first-order valence-electron chi connectivity index (χ1n) is 5.00. The van der Waals surface area contributed by atoms with Crippen molar-refractivity contribution in [3.05, 3.63) is 34.9 Å². The molecular formula is C11H15ClN2. The maximum absolute atomic E-state index is 6.02. The van der Waals surface area contributed by atoms with Crippen molar-refractivity contribution in [2.45, 2.75) is 24.9 Å². The van der Waals surface area contributed by atoms with E-state index in [9.17, 15) is 0 Å². The largest absolute Gasteiger partial charge is 0.323 e. The Balaban J connectivity index is 1.91. The number of rotatable bonds is 4. The maximum atomic E-state index is 6.02. The smallest absolute Gasteiger partial charge is 0.0422 e. The van der Waals surface area contributed by atoms with Crippen molar-refractivity contribution in [3.63, 3.8) is 0 Å². The molecule has 2 rings (SSSR count). The number of nitrogens with one attached hydrogen (secondary N) is 1. The van der Waals surface area contributed by atoms with E-state index in [1.54, 1.807) is 0 Å². The van der Waals surface area contributed by atoms with Gasteiger partial charge in [-0.05, 0) is 30.5 Å². The van der Waals surface area contributed by atoms with Gasteiger partial charge in [0, 0.05) is 23.7 Å². The number of nitrogens with two attached hydrogens (primary N) is 1. The fourth-order valence-electron chi connectivity index (χ4n) is 1.44. The Morgan fingerprint density at radius 3 is 2.93 bits per heavy atom. The van der Waals surface area contributed by atoms with Crippen LogP contribution in [0, 0.1) is 0 Å². The van der Waals surface area contributed by atoms with Gasteiger partial charge in [0.15, 0.2) is 0 Å². The van der Waals surface area contributed by atoms with Crippen LogP contribution in [0.2, 0.25) is 5.02 Å². The zero-order valence-corrected chi connectivity index (χ0v) is 8.80. The van der Waals surface area contributed by atoms with Crippen LogP contribution in [0.3, 0.4) is 0 Å². The molecule has 1 aliphatic carbocycles. The van der Waals surface area contributed by atoms with Gasteiger partial charge in [0.1, 0.15) is 0 Å². The second-order valence-corrected chi connectivity index (χ2v) is 4.28. The van der Waals surface area contributed by atoms with Crippen LogP contribution >= 0.6 is 11.6 Å². The molecule has 76 valence electrons. The normalized spacial score (nSPS) is 18.1. The molecule has 0 radical (unpaired) electrons. The predicted octanol–water partition coefficient (Wildman–Crippen LogP) is 2.09. The average Bonchev–Trinajstić information content (AvgIpc) is 2.97. The van der Waals surface area contributed by atoms with Crippen molar-refractivity contribution in [3.8, 4) is 0 Å². The number of benzene rings is 1. The van der Waals surface area contributed by atoms with E-state index < -0.39 is 0 Å². The summed E-state index contributed by atoms with van der Waals surface area (Å²) in [5, 5.41) is 4.16. The molecule has 0 aromatic heterocycles. The van der Waals surface area contributed by atoms with Gasteiger partial charge in [0.05, 0.1) is 0 Å². The third-order valence-corrected chi connectivity index (χ3v) is 2.72.